The van der Waals surface area contributed by atoms with E-state index in [0.29, 0.717) is 5.92 Å². The zero-order valence-electron chi connectivity index (χ0n) is 8.83. The van der Waals surface area contributed by atoms with Crippen LogP contribution in [0, 0.1) is 0 Å². The average molecular weight is 194 g/mol. The summed E-state index contributed by atoms with van der Waals surface area (Å²) in [4.78, 5) is 0. The van der Waals surface area contributed by atoms with Gasteiger partial charge in [-0.15, -0.1) is 0 Å². The van der Waals surface area contributed by atoms with Crippen molar-refractivity contribution in [2.45, 2.75) is 39.0 Å². The number of phenolic OH excluding ortho intramolecular Hbond substituents is 2. The average Bonchev–Trinajstić information content (AvgIpc) is 2.12. The third-order valence-electron chi connectivity index (χ3n) is 2.48. The van der Waals surface area contributed by atoms with Crippen molar-refractivity contribution in [2.24, 2.45) is 0 Å². The summed E-state index contributed by atoms with van der Waals surface area (Å²) < 4.78 is 0. The van der Waals surface area contributed by atoms with Crippen molar-refractivity contribution < 1.29 is 10.2 Å². The maximum atomic E-state index is 9.31. The zero-order valence-corrected chi connectivity index (χ0v) is 8.83. The second kappa shape index (κ2) is 4.89. The van der Waals surface area contributed by atoms with Crippen molar-refractivity contribution in [2.75, 3.05) is 0 Å². The summed E-state index contributed by atoms with van der Waals surface area (Å²) in [6.07, 6.45) is 3.45. The van der Waals surface area contributed by atoms with Crippen molar-refractivity contribution in [1.29, 1.82) is 0 Å². The highest BCUT2D eigenvalue weighted by molar-refractivity contribution is 5.38. The van der Waals surface area contributed by atoms with E-state index in [0.717, 1.165) is 12.0 Å². The molecule has 2 N–H and O–H groups in total. The maximum absolute atomic E-state index is 9.31. The van der Waals surface area contributed by atoms with Crippen LogP contribution in [-0.2, 0) is 0 Å². The summed E-state index contributed by atoms with van der Waals surface area (Å²) in [6, 6.07) is 4.80. The molecule has 0 radical (unpaired) electrons. The monoisotopic (exact) mass is 194 g/mol. The lowest BCUT2D eigenvalue weighted by Crippen LogP contribution is -1.93. The number of aromatic hydroxyl groups is 2. The lowest BCUT2D eigenvalue weighted by atomic mass is 9.95. The molecule has 0 amide bonds. The largest absolute Gasteiger partial charge is 0.508 e. The highest BCUT2D eigenvalue weighted by atomic mass is 16.3. The molecule has 1 unspecified atom stereocenters. The summed E-state index contributed by atoms with van der Waals surface area (Å²) in [5.74, 6) is 0.680. The Bertz CT molecular complexity index is 274. The van der Waals surface area contributed by atoms with Gasteiger partial charge in [-0.1, -0.05) is 26.7 Å². The molecule has 0 aromatic heterocycles. The van der Waals surface area contributed by atoms with Gasteiger partial charge < -0.3 is 10.2 Å². The predicted molar refractivity (Wildman–Crippen MR) is 57.7 cm³/mol. The van der Waals surface area contributed by atoms with Gasteiger partial charge in [0.05, 0.1) is 0 Å². The Morgan fingerprint density at radius 1 is 1.14 bits per heavy atom. The van der Waals surface area contributed by atoms with Crippen molar-refractivity contribution in [1.82, 2.24) is 0 Å². The molecule has 1 atom stereocenters. The SMILES string of the molecule is CCCCC(C)c1cc(O)cc(O)c1. The summed E-state index contributed by atoms with van der Waals surface area (Å²) in [7, 11) is 0. The smallest absolute Gasteiger partial charge is 0.119 e. The first-order chi connectivity index (χ1) is 6.63. The molecule has 1 rings (SSSR count). The number of phenols is 2. The van der Waals surface area contributed by atoms with Gasteiger partial charge in [0.2, 0.25) is 0 Å². The number of hydrogen-bond acceptors (Lipinski definition) is 2. The van der Waals surface area contributed by atoms with Crippen LogP contribution in [0.5, 0.6) is 11.5 Å². The fourth-order valence-electron chi connectivity index (χ4n) is 1.58. The maximum Gasteiger partial charge on any atom is 0.119 e. The second-order valence-electron chi connectivity index (χ2n) is 3.83. The van der Waals surface area contributed by atoms with Crippen LogP contribution in [0.1, 0.15) is 44.6 Å². The molecule has 1 aromatic carbocycles. The van der Waals surface area contributed by atoms with Crippen LogP contribution in [-0.4, -0.2) is 10.2 Å². The number of hydrogen-bond donors (Lipinski definition) is 2. The van der Waals surface area contributed by atoms with Crippen LogP contribution in [0.15, 0.2) is 18.2 Å². The van der Waals surface area contributed by atoms with Gasteiger partial charge in [-0.2, -0.15) is 0 Å². The lowest BCUT2D eigenvalue weighted by molar-refractivity contribution is 0.447. The van der Waals surface area contributed by atoms with E-state index >= 15 is 0 Å². The normalized spacial score (nSPS) is 12.7. The topological polar surface area (TPSA) is 40.5 Å². The second-order valence-corrected chi connectivity index (χ2v) is 3.83. The molecule has 1 aromatic rings. The van der Waals surface area contributed by atoms with Crippen LogP contribution in [0.2, 0.25) is 0 Å². The van der Waals surface area contributed by atoms with Crippen LogP contribution >= 0.6 is 0 Å². The third-order valence-corrected chi connectivity index (χ3v) is 2.48. The Morgan fingerprint density at radius 3 is 2.21 bits per heavy atom. The molecule has 0 aliphatic rings. The minimum absolute atomic E-state index is 0.142. The highest BCUT2D eigenvalue weighted by Gasteiger charge is 2.07. The minimum Gasteiger partial charge on any atom is -0.508 e. The van der Waals surface area contributed by atoms with Gasteiger partial charge in [0, 0.05) is 6.07 Å². The summed E-state index contributed by atoms with van der Waals surface area (Å²) >= 11 is 0. The fourth-order valence-corrected chi connectivity index (χ4v) is 1.58. The molecule has 78 valence electrons. The van der Waals surface area contributed by atoms with E-state index in [-0.39, 0.29) is 11.5 Å². The van der Waals surface area contributed by atoms with Gasteiger partial charge >= 0.3 is 0 Å². The van der Waals surface area contributed by atoms with Gasteiger partial charge in [0.25, 0.3) is 0 Å². The van der Waals surface area contributed by atoms with E-state index in [1.807, 2.05) is 0 Å². The van der Waals surface area contributed by atoms with E-state index < -0.39 is 0 Å². The molecule has 0 saturated carbocycles. The molecule has 0 heterocycles. The van der Waals surface area contributed by atoms with Gasteiger partial charge in [0.15, 0.2) is 0 Å². The minimum atomic E-state index is 0.142. The first-order valence-corrected chi connectivity index (χ1v) is 5.16. The molecule has 0 saturated heterocycles. The summed E-state index contributed by atoms with van der Waals surface area (Å²) in [6.45, 7) is 4.27. The molecular weight excluding hydrogens is 176 g/mol. The van der Waals surface area contributed by atoms with Crippen molar-refractivity contribution in [3.63, 3.8) is 0 Å². The molecule has 0 aliphatic heterocycles. The number of rotatable bonds is 4. The molecule has 0 bridgehead atoms. The third kappa shape index (κ3) is 2.95. The van der Waals surface area contributed by atoms with Crippen LogP contribution in [0.4, 0.5) is 0 Å². The summed E-state index contributed by atoms with van der Waals surface area (Å²) in [5, 5.41) is 18.6. The van der Waals surface area contributed by atoms with Crippen molar-refractivity contribution >= 4 is 0 Å². The van der Waals surface area contributed by atoms with Crippen molar-refractivity contribution in [3.8, 4) is 11.5 Å². The first kappa shape index (κ1) is 10.9. The Labute approximate surface area is 85.2 Å². The van der Waals surface area contributed by atoms with Gasteiger partial charge in [0.1, 0.15) is 11.5 Å². The van der Waals surface area contributed by atoms with E-state index in [9.17, 15) is 10.2 Å². The first-order valence-electron chi connectivity index (χ1n) is 5.16. The van der Waals surface area contributed by atoms with Crippen molar-refractivity contribution in [3.05, 3.63) is 23.8 Å². The Balaban J connectivity index is 2.73. The molecule has 0 spiro atoms. The predicted octanol–water partition coefficient (Wildman–Crippen LogP) is 3.39. The number of benzene rings is 1. The van der Waals surface area contributed by atoms with E-state index in [2.05, 4.69) is 13.8 Å². The quantitative estimate of drug-likeness (QED) is 0.771. The molecule has 2 nitrogen and oxygen atoms in total. The molecule has 14 heavy (non-hydrogen) atoms. The van der Waals surface area contributed by atoms with E-state index in [1.54, 1.807) is 12.1 Å². The van der Waals surface area contributed by atoms with Crippen LogP contribution < -0.4 is 0 Å². The van der Waals surface area contributed by atoms with Gasteiger partial charge in [-0.3, -0.25) is 0 Å². The molecule has 2 heteroatoms. The Kier molecular flexibility index (Phi) is 3.81. The molecule has 0 aliphatic carbocycles. The van der Waals surface area contributed by atoms with E-state index in [1.165, 1.54) is 18.9 Å². The molecule has 0 fully saturated rings. The standard InChI is InChI=1S/C12H18O2/c1-3-4-5-9(2)10-6-11(13)8-12(14)7-10/h6-9,13-14H,3-5H2,1-2H3. The highest BCUT2D eigenvalue weighted by Crippen LogP contribution is 2.28. The van der Waals surface area contributed by atoms with Crippen LogP contribution in [0.25, 0.3) is 0 Å². The van der Waals surface area contributed by atoms with Gasteiger partial charge in [-0.05, 0) is 30.0 Å². The summed E-state index contributed by atoms with van der Waals surface area (Å²) in [5.41, 5.74) is 1.01. The Morgan fingerprint density at radius 2 is 1.71 bits per heavy atom. The van der Waals surface area contributed by atoms with E-state index in [4.69, 9.17) is 0 Å². The number of unbranched alkanes of at least 4 members (excludes halogenated alkanes) is 1. The molecular formula is C12H18O2. The zero-order chi connectivity index (χ0) is 10.6. The van der Waals surface area contributed by atoms with Crippen LogP contribution in [0.3, 0.4) is 0 Å². The lowest BCUT2D eigenvalue weighted by Gasteiger charge is -2.11. The Hall–Kier alpha value is -1.18. The van der Waals surface area contributed by atoms with Gasteiger partial charge in [-0.25, -0.2) is 0 Å². The fraction of sp³-hybridized carbons (Fsp3) is 0.500.